The Morgan fingerprint density at radius 2 is 1.95 bits per heavy atom. The largest absolute Gasteiger partial charge is 0.491 e. The van der Waals surface area contributed by atoms with Crippen LogP contribution in [0.2, 0.25) is 0 Å². The summed E-state index contributed by atoms with van der Waals surface area (Å²) in [5.74, 6) is 2.21. The summed E-state index contributed by atoms with van der Waals surface area (Å²) in [6.07, 6.45) is 0.979. The molecule has 0 unspecified atom stereocenters. The summed E-state index contributed by atoms with van der Waals surface area (Å²) in [4.78, 5) is 0. The number of rotatable bonds is 7. The number of para-hydroxylation sites is 2. The molecule has 19 heavy (non-hydrogen) atoms. The number of ether oxygens (including phenoxy) is 1. The third-order valence-electron chi connectivity index (χ3n) is 2.67. The second-order valence-electron chi connectivity index (χ2n) is 4.22. The third-order valence-corrected chi connectivity index (χ3v) is 2.67. The van der Waals surface area contributed by atoms with E-state index in [1.54, 1.807) is 6.07 Å². The third kappa shape index (κ3) is 3.76. The quantitative estimate of drug-likeness (QED) is 0.803. The minimum Gasteiger partial charge on any atom is -0.491 e. The highest BCUT2D eigenvalue weighted by atomic mass is 16.5. The lowest BCUT2D eigenvalue weighted by Gasteiger charge is -2.11. The Hall–Kier alpha value is -1.94. The molecule has 0 aliphatic carbocycles. The standard InChI is InChI=1S/C15H19NO3/c1-2-9-18-15-6-4-3-5-14(15)16-10-12-7-8-13(11-17)19-12/h3-8,16-17H,2,9-11H2,1H3. The maximum absolute atomic E-state index is 8.94. The van der Waals surface area contributed by atoms with E-state index in [0.717, 1.165) is 23.6 Å². The predicted molar refractivity (Wildman–Crippen MR) is 74.2 cm³/mol. The van der Waals surface area contributed by atoms with Crippen molar-refractivity contribution in [2.24, 2.45) is 0 Å². The summed E-state index contributed by atoms with van der Waals surface area (Å²) in [7, 11) is 0. The van der Waals surface area contributed by atoms with Gasteiger partial charge in [0.2, 0.25) is 0 Å². The Bertz CT molecular complexity index is 508. The molecule has 1 aromatic carbocycles. The molecule has 0 aliphatic heterocycles. The molecular weight excluding hydrogens is 242 g/mol. The first kappa shape index (κ1) is 13.5. The van der Waals surface area contributed by atoms with E-state index in [-0.39, 0.29) is 6.61 Å². The van der Waals surface area contributed by atoms with E-state index in [1.807, 2.05) is 30.3 Å². The molecule has 0 aliphatic rings. The second kappa shape index (κ2) is 6.85. The van der Waals surface area contributed by atoms with Crippen LogP contribution in [-0.2, 0) is 13.2 Å². The van der Waals surface area contributed by atoms with Gasteiger partial charge >= 0.3 is 0 Å². The molecular formula is C15H19NO3. The van der Waals surface area contributed by atoms with E-state index in [1.165, 1.54) is 0 Å². The Kier molecular flexibility index (Phi) is 4.86. The maximum atomic E-state index is 8.94. The Labute approximate surface area is 113 Å². The molecule has 102 valence electrons. The van der Waals surface area contributed by atoms with Gasteiger partial charge in [0.25, 0.3) is 0 Å². The van der Waals surface area contributed by atoms with Crippen LogP contribution in [-0.4, -0.2) is 11.7 Å². The van der Waals surface area contributed by atoms with Crippen molar-refractivity contribution in [3.8, 4) is 5.75 Å². The van der Waals surface area contributed by atoms with E-state index < -0.39 is 0 Å². The minimum atomic E-state index is -0.0732. The topological polar surface area (TPSA) is 54.6 Å². The van der Waals surface area contributed by atoms with Crippen molar-refractivity contribution in [2.75, 3.05) is 11.9 Å². The molecule has 1 heterocycles. The van der Waals surface area contributed by atoms with Crippen molar-refractivity contribution in [1.82, 2.24) is 0 Å². The molecule has 2 aromatic rings. The van der Waals surface area contributed by atoms with Gasteiger partial charge in [-0.15, -0.1) is 0 Å². The van der Waals surface area contributed by atoms with Crippen molar-refractivity contribution >= 4 is 5.69 Å². The van der Waals surface area contributed by atoms with Gasteiger partial charge < -0.3 is 19.6 Å². The van der Waals surface area contributed by atoms with Crippen LogP contribution in [0, 0.1) is 0 Å². The number of aliphatic hydroxyl groups is 1. The molecule has 0 radical (unpaired) electrons. The number of furan rings is 1. The summed E-state index contributed by atoms with van der Waals surface area (Å²) in [5, 5.41) is 12.2. The zero-order valence-electron chi connectivity index (χ0n) is 11.1. The van der Waals surface area contributed by atoms with Gasteiger partial charge in [0.15, 0.2) is 0 Å². The number of benzene rings is 1. The van der Waals surface area contributed by atoms with Gasteiger partial charge in [-0.2, -0.15) is 0 Å². The zero-order chi connectivity index (χ0) is 13.5. The summed E-state index contributed by atoms with van der Waals surface area (Å²) < 4.78 is 11.1. The average molecular weight is 261 g/mol. The van der Waals surface area contributed by atoms with E-state index in [4.69, 9.17) is 14.3 Å². The number of aliphatic hydroxyl groups excluding tert-OH is 1. The Morgan fingerprint density at radius 1 is 1.16 bits per heavy atom. The first-order chi connectivity index (χ1) is 9.33. The fourth-order valence-corrected chi connectivity index (χ4v) is 1.74. The Morgan fingerprint density at radius 3 is 2.68 bits per heavy atom. The highest BCUT2D eigenvalue weighted by molar-refractivity contribution is 5.56. The van der Waals surface area contributed by atoms with Crippen molar-refractivity contribution in [2.45, 2.75) is 26.5 Å². The maximum Gasteiger partial charge on any atom is 0.142 e. The van der Waals surface area contributed by atoms with Crippen LogP contribution >= 0.6 is 0 Å². The fourth-order valence-electron chi connectivity index (χ4n) is 1.74. The molecule has 0 bridgehead atoms. The van der Waals surface area contributed by atoms with Crippen LogP contribution in [0.25, 0.3) is 0 Å². The lowest BCUT2D eigenvalue weighted by Crippen LogP contribution is -2.02. The van der Waals surface area contributed by atoms with Crippen molar-refractivity contribution in [3.05, 3.63) is 47.9 Å². The number of nitrogens with one attached hydrogen (secondary N) is 1. The van der Waals surface area contributed by atoms with Crippen LogP contribution in [0.4, 0.5) is 5.69 Å². The van der Waals surface area contributed by atoms with Gasteiger partial charge in [-0.3, -0.25) is 0 Å². The van der Waals surface area contributed by atoms with Crippen LogP contribution in [0.3, 0.4) is 0 Å². The molecule has 0 amide bonds. The molecule has 4 nitrogen and oxygen atoms in total. The second-order valence-corrected chi connectivity index (χ2v) is 4.22. The molecule has 0 saturated heterocycles. The highest BCUT2D eigenvalue weighted by Crippen LogP contribution is 2.24. The van der Waals surface area contributed by atoms with Gasteiger partial charge in [0.1, 0.15) is 23.9 Å². The minimum absolute atomic E-state index is 0.0732. The summed E-state index contributed by atoms with van der Waals surface area (Å²) in [6.45, 7) is 3.27. The van der Waals surface area contributed by atoms with E-state index in [2.05, 4.69) is 12.2 Å². The molecule has 0 saturated carbocycles. The summed E-state index contributed by atoms with van der Waals surface area (Å²) >= 11 is 0. The Balaban J connectivity index is 1.98. The molecule has 4 heteroatoms. The SMILES string of the molecule is CCCOc1ccccc1NCc1ccc(CO)o1. The molecule has 0 fully saturated rings. The van der Waals surface area contributed by atoms with Crippen molar-refractivity contribution < 1.29 is 14.3 Å². The molecule has 1 aromatic heterocycles. The lowest BCUT2D eigenvalue weighted by atomic mass is 10.3. The molecule has 2 N–H and O–H groups in total. The smallest absolute Gasteiger partial charge is 0.142 e. The fraction of sp³-hybridized carbons (Fsp3) is 0.333. The van der Waals surface area contributed by atoms with Crippen molar-refractivity contribution in [1.29, 1.82) is 0 Å². The number of anilines is 1. The molecule has 0 atom stereocenters. The van der Waals surface area contributed by atoms with Crippen molar-refractivity contribution in [3.63, 3.8) is 0 Å². The number of hydrogen-bond acceptors (Lipinski definition) is 4. The van der Waals surface area contributed by atoms with Gasteiger partial charge in [-0.25, -0.2) is 0 Å². The van der Waals surface area contributed by atoms with E-state index in [0.29, 0.717) is 18.9 Å². The average Bonchev–Trinajstić information content (AvgIpc) is 2.91. The summed E-state index contributed by atoms with van der Waals surface area (Å²) in [5.41, 5.74) is 0.942. The van der Waals surface area contributed by atoms with Crippen LogP contribution in [0.15, 0.2) is 40.8 Å². The van der Waals surface area contributed by atoms with E-state index in [9.17, 15) is 0 Å². The van der Waals surface area contributed by atoms with E-state index >= 15 is 0 Å². The number of hydrogen-bond donors (Lipinski definition) is 2. The predicted octanol–water partition coefficient (Wildman–Crippen LogP) is 3.17. The van der Waals surface area contributed by atoms with Gasteiger partial charge in [0.05, 0.1) is 18.8 Å². The van der Waals surface area contributed by atoms with Crippen LogP contribution in [0.1, 0.15) is 24.9 Å². The monoisotopic (exact) mass is 261 g/mol. The summed E-state index contributed by atoms with van der Waals surface area (Å²) in [6, 6.07) is 11.5. The normalized spacial score (nSPS) is 10.4. The first-order valence-electron chi connectivity index (χ1n) is 6.47. The molecule has 0 spiro atoms. The highest BCUT2D eigenvalue weighted by Gasteiger charge is 2.04. The lowest BCUT2D eigenvalue weighted by molar-refractivity contribution is 0.244. The van der Waals surface area contributed by atoms with Crippen LogP contribution in [0.5, 0.6) is 5.75 Å². The molecule has 2 rings (SSSR count). The van der Waals surface area contributed by atoms with Gasteiger partial charge in [-0.1, -0.05) is 19.1 Å². The van der Waals surface area contributed by atoms with Gasteiger partial charge in [0, 0.05) is 0 Å². The zero-order valence-corrected chi connectivity index (χ0v) is 11.1. The van der Waals surface area contributed by atoms with Gasteiger partial charge in [-0.05, 0) is 30.7 Å². The van der Waals surface area contributed by atoms with Crippen LogP contribution < -0.4 is 10.1 Å². The first-order valence-corrected chi connectivity index (χ1v) is 6.47.